The van der Waals surface area contributed by atoms with Gasteiger partial charge in [0, 0.05) is 26.1 Å². The first-order valence-electron chi connectivity index (χ1n) is 5.95. The smallest absolute Gasteiger partial charge is 0.305 e. The molecule has 0 aromatic rings. The number of nitrogens with one attached hydrogen (secondary N) is 1. The molecule has 0 spiro atoms. The first kappa shape index (κ1) is 15.9. The lowest BCUT2D eigenvalue weighted by Gasteiger charge is -2.33. The van der Waals surface area contributed by atoms with Crippen LogP contribution >= 0.6 is 0 Å². The first-order valence-corrected chi connectivity index (χ1v) is 7.56. The molecule has 9 heteroatoms. The van der Waals surface area contributed by atoms with E-state index in [9.17, 15) is 18.0 Å². The summed E-state index contributed by atoms with van der Waals surface area (Å²) >= 11 is 0. The third-order valence-corrected chi connectivity index (χ3v) is 4.85. The summed E-state index contributed by atoms with van der Waals surface area (Å²) in [5.41, 5.74) is 5.19. The van der Waals surface area contributed by atoms with Gasteiger partial charge < -0.3 is 15.8 Å². The second-order valence-corrected chi connectivity index (χ2v) is 6.27. The highest BCUT2D eigenvalue weighted by molar-refractivity contribution is 7.89. The van der Waals surface area contributed by atoms with Gasteiger partial charge in [-0.15, -0.1) is 0 Å². The van der Waals surface area contributed by atoms with Crippen molar-refractivity contribution in [1.82, 2.24) is 9.62 Å². The van der Waals surface area contributed by atoms with Gasteiger partial charge in [-0.3, -0.25) is 9.59 Å². The zero-order valence-electron chi connectivity index (χ0n) is 10.8. The monoisotopic (exact) mass is 293 g/mol. The fourth-order valence-corrected chi connectivity index (χ4v) is 3.56. The number of amides is 1. The second-order valence-electron chi connectivity index (χ2n) is 4.23. The molecule has 1 fully saturated rings. The van der Waals surface area contributed by atoms with Crippen molar-refractivity contribution < 1.29 is 22.7 Å². The molecule has 0 radical (unpaired) electrons. The van der Waals surface area contributed by atoms with Gasteiger partial charge >= 0.3 is 5.97 Å². The van der Waals surface area contributed by atoms with Gasteiger partial charge in [0.15, 0.2) is 0 Å². The molecular weight excluding hydrogens is 274 g/mol. The molecule has 1 amide bonds. The molecular formula is C10H19N3O5S. The van der Waals surface area contributed by atoms with Gasteiger partial charge in [-0.05, 0) is 6.42 Å². The van der Waals surface area contributed by atoms with E-state index < -0.39 is 27.9 Å². The molecule has 1 aliphatic heterocycles. The number of nitrogens with zero attached hydrogens (tertiary/aromatic N) is 1. The molecule has 1 unspecified atom stereocenters. The van der Waals surface area contributed by atoms with Crippen LogP contribution in [0, 0.1) is 0 Å². The lowest BCUT2D eigenvalue weighted by molar-refractivity contribution is -0.140. The molecule has 1 saturated heterocycles. The highest BCUT2D eigenvalue weighted by Gasteiger charge is 2.35. The van der Waals surface area contributed by atoms with E-state index in [1.165, 1.54) is 7.11 Å². The average molecular weight is 293 g/mol. The Bertz CT molecular complexity index is 436. The number of piperazine rings is 1. The first-order chi connectivity index (χ1) is 8.88. The van der Waals surface area contributed by atoms with E-state index in [-0.39, 0.29) is 31.7 Å². The van der Waals surface area contributed by atoms with Gasteiger partial charge in [0.25, 0.3) is 0 Å². The summed E-state index contributed by atoms with van der Waals surface area (Å²) in [4.78, 5) is 22.2. The number of methoxy groups -OCH3 is 1. The van der Waals surface area contributed by atoms with E-state index >= 15 is 0 Å². The van der Waals surface area contributed by atoms with Crippen LogP contribution in [0.2, 0.25) is 0 Å². The summed E-state index contributed by atoms with van der Waals surface area (Å²) in [6.07, 6.45) is 0.188. The van der Waals surface area contributed by atoms with Gasteiger partial charge in [0.05, 0.1) is 12.9 Å². The van der Waals surface area contributed by atoms with Crippen molar-refractivity contribution >= 4 is 21.9 Å². The molecule has 3 N–H and O–H groups in total. The van der Waals surface area contributed by atoms with Gasteiger partial charge in [0.1, 0.15) is 6.04 Å². The van der Waals surface area contributed by atoms with Crippen molar-refractivity contribution in [3.63, 3.8) is 0 Å². The fourth-order valence-electron chi connectivity index (χ4n) is 1.88. The van der Waals surface area contributed by atoms with Crippen LogP contribution in [0.25, 0.3) is 0 Å². The van der Waals surface area contributed by atoms with Crippen LogP contribution in [0.5, 0.6) is 0 Å². The Balaban J connectivity index is 2.64. The normalized spacial score (nSPS) is 21.0. The largest absolute Gasteiger partial charge is 0.469 e. The Morgan fingerprint density at radius 3 is 2.74 bits per heavy atom. The van der Waals surface area contributed by atoms with Crippen molar-refractivity contribution in [2.75, 3.05) is 32.5 Å². The van der Waals surface area contributed by atoms with E-state index in [4.69, 9.17) is 5.73 Å². The summed E-state index contributed by atoms with van der Waals surface area (Å²) in [7, 11) is -2.35. The third kappa shape index (κ3) is 4.44. The Labute approximate surface area is 112 Å². The lowest BCUT2D eigenvalue weighted by Crippen LogP contribution is -2.59. The van der Waals surface area contributed by atoms with Crippen LogP contribution in [0.4, 0.5) is 0 Å². The SMILES string of the molecule is COC(=O)CCCS(=O)(=O)N1CCNCC1C(N)=O. The predicted octanol–water partition coefficient (Wildman–Crippen LogP) is -1.97. The number of carbonyl (C=O) groups is 2. The zero-order valence-corrected chi connectivity index (χ0v) is 11.6. The minimum Gasteiger partial charge on any atom is -0.469 e. The van der Waals surface area contributed by atoms with Crippen molar-refractivity contribution in [1.29, 1.82) is 0 Å². The fraction of sp³-hybridized carbons (Fsp3) is 0.800. The summed E-state index contributed by atoms with van der Waals surface area (Å²) < 4.78 is 29.8. The average Bonchev–Trinajstić information content (AvgIpc) is 2.38. The van der Waals surface area contributed by atoms with Crippen molar-refractivity contribution in [3.8, 4) is 0 Å². The Hall–Kier alpha value is -1.19. The van der Waals surface area contributed by atoms with E-state index in [1.807, 2.05) is 0 Å². The van der Waals surface area contributed by atoms with E-state index in [1.54, 1.807) is 0 Å². The van der Waals surface area contributed by atoms with Crippen LogP contribution < -0.4 is 11.1 Å². The Kier molecular flexibility index (Phi) is 5.70. The van der Waals surface area contributed by atoms with Crippen LogP contribution in [0.15, 0.2) is 0 Å². The summed E-state index contributed by atoms with van der Waals surface area (Å²) in [5.74, 6) is -1.34. The number of hydrogen-bond acceptors (Lipinski definition) is 6. The molecule has 0 bridgehead atoms. The minimum absolute atomic E-state index is 0.0308. The molecule has 0 aliphatic carbocycles. The summed E-state index contributed by atoms with van der Waals surface area (Å²) in [5, 5.41) is 2.92. The topological polar surface area (TPSA) is 119 Å². The second kappa shape index (κ2) is 6.83. The Morgan fingerprint density at radius 1 is 1.47 bits per heavy atom. The number of rotatable bonds is 6. The predicted molar refractivity (Wildman–Crippen MR) is 67.6 cm³/mol. The summed E-state index contributed by atoms with van der Waals surface area (Å²) in [6, 6.07) is -0.864. The summed E-state index contributed by atoms with van der Waals surface area (Å²) in [6.45, 7) is 0.889. The molecule has 0 saturated carbocycles. The van der Waals surface area contributed by atoms with E-state index in [2.05, 4.69) is 10.1 Å². The number of nitrogens with two attached hydrogens (primary N) is 1. The third-order valence-electron chi connectivity index (χ3n) is 2.89. The van der Waals surface area contributed by atoms with Gasteiger partial charge in [0.2, 0.25) is 15.9 Å². The van der Waals surface area contributed by atoms with Crippen LogP contribution in [0.1, 0.15) is 12.8 Å². The van der Waals surface area contributed by atoms with E-state index in [0.29, 0.717) is 6.54 Å². The number of primary amides is 1. The number of carbonyl (C=O) groups excluding carboxylic acids is 2. The molecule has 1 heterocycles. The molecule has 1 aliphatic rings. The maximum atomic E-state index is 12.1. The molecule has 8 nitrogen and oxygen atoms in total. The standard InChI is InChI=1S/C10H19N3O5S/c1-18-9(14)3-2-6-19(16,17)13-5-4-12-7-8(13)10(11)15/h8,12H,2-7H2,1H3,(H2,11,15). The number of esters is 1. The zero-order chi connectivity index (χ0) is 14.5. The van der Waals surface area contributed by atoms with Crippen molar-refractivity contribution in [2.45, 2.75) is 18.9 Å². The minimum atomic E-state index is -3.60. The maximum Gasteiger partial charge on any atom is 0.305 e. The quantitative estimate of drug-likeness (QED) is 0.548. The van der Waals surface area contributed by atoms with E-state index in [0.717, 1.165) is 4.31 Å². The number of sulfonamides is 1. The van der Waals surface area contributed by atoms with Crippen molar-refractivity contribution in [3.05, 3.63) is 0 Å². The number of ether oxygens (including phenoxy) is 1. The lowest BCUT2D eigenvalue weighted by atomic mass is 10.2. The molecule has 1 rings (SSSR count). The van der Waals surface area contributed by atoms with Crippen LogP contribution in [-0.4, -0.2) is 63.1 Å². The molecule has 1 atom stereocenters. The van der Waals surface area contributed by atoms with Crippen LogP contribution in [-0.2, 0) is 24.3 Å². The highest BCUT2D eigenvalue weighted by atomic mass is 32.2. The van der Waals surface area contributed by atoms with Crippen molar-refractivity contribution in [2.24, 2.45) is 5.73 Å². The van der Waals surface area contributed by atoms with Crippen LogP contribution in [0.3, 0.4) is 0 Å². The molecule has 0 aromatic carbocycles. The molecule has 19 heavy (non-hydrogen) atoms. The molecule has 0 aromatic heterocycles. The van der Waals surface area contributed by atoms with Gasteiger partial charge in [-0.25, -0.2) is 8.42 Å². The maximum absolute atomic E-state index is 12.1. The van der Waals surface area contributed by atoms with Gasteiger partial charge in [-0.2, -0.15) is 4.31 Å². The van der Waals surface area contributed by atoms with Gasteiger partial charge in [-0.1, -0.05) is 0 Å². The highest BCUT2D eigenvalue weighted by Crippen LogP contribution is 2.12. The Morgan fingerprint density at radius 2 is 2.16 bits per heavy atom. The number of hydrogen-bond donors (Lipinski definition) is 2. The molecule has 110 valence electrons.